The first-order valence-electron chi connectivity index (χ1n) is 7.46. The first kappa shape index (κ1) is 18.8. The minimum atomic E-state index is -0.496. The number of rotatable bonds is 4. The van der Waals surface area contributed by atoms with Crippen molar-refractivity contribution in [3.05, 3.63) is 80.2 Å². The summed E-state index contributed by atoms with van der Waals surface area (Å²) in [4.78, 5) is 12.6. The van der Waals surface area contributed by atoms with Crippen LogP contribution in [0.2, 0.25) is 5.02 Å². The van der Waals surface area contributed by atoms with Crippen LogP contribution in [0.15, 0.2) is 69.6 Å². The van der Waals surface area contributed by atoms with Gasteiger partial charge in [0, 0.05) is 9.50 Å². The van der Waals surface area contributed by atoms with Crippen LogP contribution in [0.1, 0.15) is 10.4 Å². The molecule has 0 saturated heterocycles. The standard InChI is InChI=1S/C19H12Br2ClNO3/c20-11-8-14(18(24)15(21)9-11)19(25)23-16-10-12(22)6-7-17(16)26-13-4-2-1-3-5-13/h1-10,24H,(H,23,25). The van der Waals surface area contributed by atoms with Crippen molar-refractivity contribution in [2.45, 2.75) is 0 Å². The molecule has 0 unspecified atom stereocenters. The number of amides is 1. The molecule has 132 valence electrons. The van der Waals surface area contributed by atoms with E-state index in [0.29, 0.717) is 31.2 Å². The third-order valence-electron chi connectivity index (χ3n) is 3.43. The molecular formula is C19H12Br2ClNO3. The van der Waals surface area contributed by atoms with Crippen LogP contribution in [-0.4, -0.2) is 11.0 Å². The van der Waals surface area contributed by atoms with Crippen LogP contribution >= 0.6 is 43.5 Å². The highest BCUT2D eigenvalue weighted by molar-refractivity contribution is 9.11. The first-order valence-corrected chi connectivity index (χ1v) is 9.42. The number of aromatic hydroxyl groups is 1. The van der Waals surface area contributed by atoms with Crippen molar-refractivity contribution < 1.29 is 14.6 Å². The zero-order chi connectivity index (χ0) is 18.7. The van der Waals surface area contributed by atoms with Crippen LogP contribution in [0.25, 0.3) is 0 Å². The summed E-state index contributed by atoms with van der Waals surface area (Å²) >= 11 is 12.6. The van der Waals surface area contributed by atoms with E-state index in [1.807, 2.05) is 18.2 Å². The Morgan fingerprint density at radius 3 is 2.50 bits per heavy atom. The van der Waals surface area contributed by atoms with E-state index in [1.54, 1.807) is 36.4 Å². The van der Waals surface area contributed by atoms with Gasteiger partial charge in [-0.25, -0.2) is 0 Å². The van der Waals surface area contributed by atoms with E-state index in [0.717, 1.165) is 0 Å². The summed E-state index contributed by atoms with van der Waals surface area (Å²) in [7, 11) is 0. The molecule has 2 N–H and O–H groups in total. The normalized spacial score (nSPS) is 10.4. The van der Waals surface area contributed by atoms with E-state index >= 15 is 0 Å². The third-order valence-corrected chi connectivity index (χ3v) is 4.73. The number of hydrogen-bond acceptors (Lipinski definition) is 3. The van der Waals surface area contributed by atoms with Gasteiger partial charge in [0.2, 0.25) is 0 Å². The smallest absolute Gasteiger partial charge is 0.259 e. The number of hydrogen-bond donors (Lipinski definition) is 2. The van der Waals surface area contributed by atoms with E-state index in [-0.39, 0.29) is 11.3 Å². The second kappa shape index (κ2) is 8.12. The molecule has 0 atom stereocenters. The number of phenolic OH excluding ortho intramolecular Hbond substituents is 1. The maximum atomic E-state index is 12.6. The fourth-order valence-corrected chi connectivity index (χ4v) is 3.63. The average molecular weight is 498 g/mol. The van der Waals surface area contributed by atoms with Crippen molar-refractivity contribution in [1.29, 1.82) is 0 Å². The summed E-state index contributed by atoms with van der Waals surface area (Å²) in [6, 6.07) is 17.3. The highest BCUT2D eigenvalue weighted by atomic mass is 79.9. The van der Waals surface area contributed by atoms with Gasteiger partial charge in [-0.2, -0.15) is 0 Å². The van der Waals surface area contributed by atoms with Crippen LogP contribution < -0.4 is 10.1 Å². The second-order valence-electron chi connectivity index (χ2n) is 5.29. The van der Waals surface area contributed by atoms with Gasteiger partial charge >= 0.3 is 0 Å². The Bertz CT molecular complexity index is 964. The molecule has 0 bridgehead atoms. The molecule has 0 fully saturated rings. The van der Waals surface area contributed by atoms with Crippen molar-refractivity contribution in [2.75, 3.05) is 5.32 Å². The van der Waals surface area contributed by atoms with Crippen LogP contribution in [0.4, 0.5) is 5.69 Å². The maximum absolute atomic E-state index is 12.6. The minimum absolute atomic E-state index is 0.108. The number of ether oxygens (including phenoxy) is 1. The summed E-state index contributed by atoms with van der Waals surface area (Å²) in [6.07, 6.45) is 0. The lowest BCUT2D eigenvalue weighted by Crippen LogP contribution is -2.13. The lowest BCUT2D eigenvalue weighted by atomic mass is 10.2. The Labute approximate surface area is 172 Å². The number of phenols is 1. The van der Waals surface area contributed by atoms with Crippen LogP contribution in [0, 0.1) is 0 Å². The van der Waals surface area contributed by atoms with Crippen molar-refractivity contribution >= 4 is 55.1 Å². The number of para-hydroxylation sites is 1. The van der Waals surface area contributed by atoms with E-state index in [1.165, 1.54) is 6.07 Å². The third kappa shape index (κ3) is 4.38. The second-order valence-corrected chi connectivity index (χ2v) is 7.50. The SMILES string of the molecule is O=C(Nc1cc(Cl)ccc1Oc1ccccc1)c1cc(Br)cc(Br)c1O. The molecule has 4 nitrogen and oxygen atoms in total. The molecule has 1 amide bonds. The van der Waals surface area contributed by atoms with Gasteiger partial charge in [0.05, 0.1) is 15.7 Å². The number of benzene rings is 3. The van der Waals surface area contributed by atoms with E-state index in [2.05, 4.69) is 37.2 Å². The Morgan fingerprint density at radius 1 is 1.04 bits per heavy atom. The molecular weight excluding hydrogens is 485 g/mol. The molecule has 0 saturated carbocycles. The lowest BCUT2D eigenvalue weighted by Gasteiger charge is -2.14. The molecule has 3 aromatic rings. The molecule has 26 heavy (non-hydrogen) atoms. The van der Waals surface area contributed by atoms with Crippen molar-refractivity contribution in [1.82, 2.24) is 0 Å². The maximum Gasteiger partial charge on any atom is 0.259 e. The molecule has 0 aliphatic rings. The van der Waals surface area contributed by atoms with Crippen LogP contribution in [-0.2, 0) is 0 Å². The molecule has 0 spiro atoms. The van der Waals surface area contributed by atoms with E-state index < -0.39 is 5.91 Å². The van der Waals surface area contributed by atoms with Gasteiger partial charge < -0.3 is 15.2 Å². The molecule has 0 aromatic heterocycles. The fraction of sp³-hybridized carbons (Fsp3) is 0. The molecule has 0 aliphatic carbocycles. The lowest BCUT2D eigenvalue weighted by molar-refractivity contribution is 0.102. The summed E-state index contributed by atoms with van der Waals surface area (Å²) in [5.41, 5.74) is 0.499. The number of carbonyl (C=O) groups is 1. The predicted molar refractivity (Wildman–Crippen MR) is 109 cm³/mol. The Balaban J connectivity index is 1.92. The van der Waals surface area contributed by atoms with E-state index in [9.17, 15) is 9.90 Å². The average Bonchev–Trinajstić information content (AvgIpc) is 2.61. The molecule has 3 rings (SSSR count). The predicted octanol–water partition coefficient (Wildman–Crippen LogP) is 6.62. The number of nitrogens with one attached hydrogen (secondary N) is 1. The zero-order valence-electron chi connectivity index (χ0n) is 13.2. The number of halogens is 3. The summed E-state index contributed by atoms with van der Waals surface area (Å²) in [5, 5.41) is 13.3. The van der Waals surface area contributed by atoms with E-state index in [4.69, 9.17) is 16.3 Å². The van der Waals surface area contributed by atoms with Gasteiger partial charge in [-0.05, 0) is 58.4 Å². The van der Waals surface area contributed by atoms with Gasteiger partial charge in [-0.1, -0.05) is 45.7 Å². The number of carbonyl (C=O) groups excluding carboxylic acids is 1. The minimum Gasteiger partial charge on any atom is -0.506 e. The quantitative estimate of drug-likeness (QED) is 0.426. The first-order chi connectivity index (χ1) is 12.4. The van der Waals surface area contributed by atoms with Crippen molar-refractivity contribution in [2.24, 2.45) is 0 Å². The Kier molecular flexibility index (Phi) is 5.86. The van der Waals surface area contributed by atoms with Crippen molar-refractivity contribution in [3.8, 4) is 17.2 Å². The van der Waals surface area contributed by atoms with Gasteiger partial charge in [0.25, 0.3) is 5.91 Å². The summed E-state index contributed by atoms with van der Waals surface area (Å²) < 4.78 is 6.88. The topological polar surface area (TPSA) is 58.6 Å². The van der Waals surface area contributed by atoms with Gasteiger partial charge in [0.1, 0.15) is 11.5 Å². The van der Waals surface area contributed by atoms with Gasteiger partial charge in [-0.15, -0.1) is 0 Å². The zero-order valence-corrected chi connectivity index (χ0v) is 17.1. The molecule has 0 aliphatic heterocycles. The number of anilines is 1. The summed E-state index contributed by atoms with van der Waals surface area (Å²) in [6.45, 7) is 0. The highest BCUT2D eigenvalue weighted by Gasteiger charge is 2.17. The molecule has 0 radical (unpaired) electrons. The Morgan fingerprint density at radius 2 is 1.77 bits per heavy atom. The van der Waals surface area contributed by atoms with Crippen LogP contribution in [0.5, 0.6) is 17.2 Å². The largest absolute Gasteiger partial charge is 0.506 e. The highest BCUT2D eigenvalue weighted by Crippen LogP contribution is 2.35. The fourth-order valence-electron chi connectivity index (χ4n) is 2.23. The monoisotopic (exact) mass is 495 g/mol. The van der Waals surface area contributed by atoms with Gasteiger partial charge in [-0.3, -0.25) is 4.79 Å². The van der Waals surface area contributed by atoms with Crippen molar-refractivity contribution in [3.63, 3.8) is 0 Å². The summed E-state index contributed by atoms with van der Waals surface area (Å²) in [5.74, 6) is 0.406. The Hall–Kier alpha value is -2.02. The van der Waals surface area contributed by atoms with Gasteiger partial charge in [0.15, 0.2) is 5.75 Å². The molecule has 7 heteroatoms. The molecule has 0 heterocycles. The molecule has 3 aromatic carbocycles. The van der Waals surface area contributed by atoms with Crippen LogP contribution in [0.3, 0.4) is 0 Å².